The second-order valence-corrected chi connectivity index (χ2v) is 3.93. The quantitative estimate of drug-likeness (QED) is 0.833. The molecule has 0 amide bonds. The van der Waals surface area contributed by atoms with Crippen LogP contribution >= 0.6 is 0 Å². The number of hydrogen-bond donors (Lipinski definition) is 1. The fourth-order valence-corrected chi connectivity index (χ4v) is 1.86. The Labute approximate surface area is 87.0 Å². The standard InChI is InChI=1S/C11H13F2NO/c1-15-10-8(12)3-2-7(9(10)13)11(6-14)4-5-11/h2-3H,4-6,14H2,1H3. The first kappa shape index (κ1) is 10.4. The first-order valence-electron chi connectivity index (χ1n) is 4.87. The lowest BCUT2D eigenvalue weighted by Crippen LogP contribution is -2.21. The molecule has 0 spiro atoms. The van der Waals surface area contributed by atoms with Crippen LogP contribution in [-0.4, -0.2) is 13.7 Å². The Bertz CT molecular complexity index is 388. The molecule has 1 aromatic carbocycles. The number of rotatable bonds is 3. The molecular formula is C11H13F2NO. The Balaban J connectivity index is 2.50. The van der Waals surface area contributed by atoms with Crippen LogP contribution in [0.1, 0.15) is 18.4 Å². The van der Waals surface area contributed by atoms with Crippen molar-refractivity contribution in [2.75, 3.05) is 13.7 Å². The molecule has 0 aliphatic heterocycles. The fourth-order valence-electron chi connectivity index (χ4n) is 1.86. The van der Waals surface area contributed by atoms with Crippen LogP contribution in [-0.2, 0) is 5.41 Å². The summed E-state index contributed by atoms with van der Waals surface area (Å²) in [5.74, 6) is -1.60. The van der Waals surface area contributed by atoms with Gasteiger partial charge in [-0.1, -0.05) is 6.07 Å². The number of halogens is 2. The average molecular weight is 213 g/mol. The van der Waals surface area contributed by atoms with E-state index in [1.165, 1.54) is 19.2 Å². The first-order valence-corrected chi connectivity index (χ1v) is 4.87. The fraction of sp³-hybridized carbons (Fsp3) is 0.455. The third-order valence-electron chi connectivity index (χ3n) is 3.07. The van der Waals surface area contributed by atoms with Crippen LogP contribution in [0.15, 0.2) is 12.1 Å². The van der Waals surface area contributed by atoms with E-state index in [2.05, 4.69) is 0 Å². The number of nitrogens with two attached hydrogens (primary N) is 1. The molecular weight excluding hydrogens is 200 g/mol. The maximum atomic E-state index is 13.8. The lowest BCUT2D eigenvalue weighted by Gasteiger charge is -2.15. The third kappa shape index (κ3) is 1.49. The number of ether oxygens (including phenoxy) is 1. The Morgan fingerprint density at radius 1 is 1.40 bits per heavy atom. The van der Waals surface area contributed by atoms with Gasteiger partial charge in [-0.3, -0.25) is 0 Å². The van der Waals surface area contributed by atoms with Crippen molar-refractivity contribution in [3.8, 4) is 5.75 Å². The van der Waals surface area contributed by atoms with E-state index in [0.717, 1.165) is 12.8 Å². The lowest BCUT2D eigenvalue weighted by molar-refractivity contribution is 0.355. The maximum absolute atomic E-state index is 13.8. The van der Waals surface area contributed by atoms with Gasteiger partial charge in [0, 0.05) is 12.0 Å². The van der Waals surface area contributed by atoms with Gasteiger partial charge in [0.25, 0.3) is 0 Å². The van der Waals surface area contributed by atoms with Gasteiger partial charge < -0.3 is 10.5 Å². The third-order valence-corrected chi connectivity index (χ3v) is 3.07. The monoisotopic (exact) mass is 213 g/mol. The van der Waals surface area contributed by atoms with Crippen molar-refractivity contribution in [2.45, 2.75) is 18.3 Å². The van der Waals surface area contributed by atoms with Crippen molar-refractivity contribution in [3.63, 3.8) is 0 Å². The summed E-state index contributed by atoms with van der Waals surface area (Å²) in [7, 11) is 1.26. The van der Waals surface area contributed by atoms with Crippen molar-refractivity contribution in [2.24, 2.45) is 5.73 Å². The highest BCUT2D eigenvalue weighted by molar-refractivity contribution is 5.40. The minimum Gasteiger partial charge on any atom is -0.491 e. The van der Waals surface area contributed by atoms with Gasteiger partial charge in [-0.25, -0.2) is 8.78 Å². The van der Waals surface area contributed by atoms with E-state index in [1.807, 2.05) is 0 Å². The minimum absolute atomic E-state index is 0.287. The second kappa shape index (κ2) is 3.45. The minimum atomic E-state index is -0.674. The van der Waals surface area contributed by atoms with E-state index >= 15 is 0 Å². The normalized spacial score (nSPS) is 17.6. The average Bonchev–Trinajstić information content (AvgIpc) is 2.99. The zero-order valence-corrected chi connectivity index (χ0v) is 8.52. The molecule has 2 rings (SSSR count). The van der Waals surface area contributed by atoms with Crippen LogP contribution in [0.25, 0.3) is 0 Å². The Hall–Kier alpha value is -1.16. The predicted octanol–water partition coefficient (Wildman–Crippen LogP) is 1.96. The van der Waals surface area contributed by atoms with Crippen LogP contribution < -0.4 is 10.5 Å². The molecule has 15 heavy (non-hydrogen) atoms. The molecule has 1 fully saturated rings. The Morgan fingerprint density at radius 2 is 2.07 bits per heavy atom. The molecule has 0 unspecified atom stereocenters. The summed E-state index contributed by atoms with van der Waals surface area (Å²) in [6, 6.07) is 2.69. The summed E-state index contributed by atoms with van der Waals surface area (Å²) < 4.78 is 31.7. The molecule has 0 heterocycles. The molecule has 1 aliphatic carbocycles. The van der Waals surface area contributed by atoms with E-state index in [1.54, 1.807) is 0 Å². The Morgan fingerprint density at radius 3 is 2.53 bits per heavy atom. The zero-order chi connectivity index (χ0) is 11.1. The van der Waals surface area contributed by atoms with Crippen molar-refractivity contribution < 1.29 is 13.5 Å². The van der Waals surface area contributed by atoms with Crippen LogP contribution in [0.5, 0.6) is 5.75 Å². The number of benzene rings is 1. The van der Waals surface area contributed by atoms with Crippen molar-refractivity contribution >= 4 is 0 Å². The lowest BCUT2D eigenvalue weighted by atomic mass is 9.95. The molecule has 1 aromatic rings. The van der Waals surface area contributed by atoms with E-state index in [9.17, 15) is 8.78 Å². The van der Waals surface area contributed by atoms with Crippen LogP contribution in [0.4, 0.5) is 8.78 Å². The van der Waals surface area contributed by atoms with E-state index in [-0.39, 0.29) is 11.2 Å². The van der Waals surface area contributed by atoms with Gasteiger partial charge in [0.2, 0.25) is 0 Å². The van der Waals surface area contributed by atoms with Gasteiger partial charge in [0.05, 0.1) is 7.11 Å². The van der Waals surface area contributed by atoms with Crippen LogP contribution in [0.3, 0.4) is 0 Å². The van der Waals surface area contributed by atoms with Gasteiger partial charge >= 0.3 is 0 Å². The smallest absolute Gasteiger partial charge is 0.190 e. The van der Waals surface area contributed by atoms with E-state index < -0.39 is 11.6 Å². The van der Waals surface area contributed by atoms with Gasteiger partial charge in [-0.15, -0.1) is 0 Å². The highest BCUT2D eigenvalue weighted by Crippen LogP contribution is 2.49. The summed E-state index contributed by atoms with van der Waals surface area (Å²) in [5.41, 5.74) is 5.79. The van der Waals surface area contributed by atoms with E-state index in [4.69, 9.17) is 10.5 Å². The zero-order valence-electron chi connectivity index (χ0n) is 8.52. The largest absolute Gasteiger partial charge is 0.491 e. The SMILES string of the molecule is COc1c(F)ccc(C2(CN)CC2)c1F. The molecule has 0 saturated heterocycles. The van der Waals surface area contributed by atoms with Gasteiger partial charge in [0.1, 0.15) is 0 Å². The molecule has 0 atom stereocenters. The van der Waals surface area contributed by atoms with Crippen molar-refractivity contribution in [3.05, 3.63) is 29.3 Å². The topological polar surface area (TPSA) is 35.2 Å². The molecule has 1 saturated carbocycles. The first-order chi connectivity index (χ1) is 7.14. The highest BCUT2D eigenvalue weighted by Gasteiger charge is 2.45. The molecule has 2 nitrogen and oxygen atoms in total. The molecule has 0 radical (unpaired) electrons. The van der Waals surface area contributed by atoms with Crippen LogP contribution in [0.2, 0.25) is 0 Å². The van der Waals surface area contributed by atoms with Gasteiger partial charge in [-0.2, -0.15) is 0 Å². The van der Waals surface area contributed by atoms with Crippen LogP contribution in [0, 0.1) is 11.6 Å². The summed E-state index contributed by atoms with van der Waals surface area (Å²) in [6.07, 6.45) is 1.71. The maximum Gasteiger partial charge on any atom is 0.190 e. The van der Waals surface area contributed by atoms with Crippen molar-refractivity contribution in [1.82, 2.24) is 0 Å². The molecule has 0 aromatic heterocycles. The molecule has 2 N–H and O–H groups in total. The summed E-state index contributed by atoms with van der Waals surface area (Å²) in [4.78, 5) is 0. The summed E-state index contributed by atoms with van der Waals surface area (Å²) >= 11 is 0. The molecule has 1 aliphatic rings. The van der Waals surface area contributed by atoms with Gasteiger partial charge in [-0.05, 0) is 24.5 Å². The number of hydrogen-bond acceptors (Lipinski definition) is 2. The summed E-state index contributed by atoms with van der Waals surface area (Å²) in [6.45, 7) is 0.388. The molecule has 82 valence electrons. The summed E-state index contributed by atoms with van der Waals surface area (Å²) in [5, 5.41) is 0. The highest BCUT2D eigenvalue weighted by atomic mass is 19.1. The Kier molecular flexibility index (Phi) is 2.38. The van der Waals surface area contributed by atoms with Crippen molar-refractivity contribution in [1.29, 1.82) is 0 Å². The second-order valence-electron chi connectivity index (χ2n) is 3.93. The number of methoxy groups -OCH3 is 1. The van der Waals surface area contributed by atoms with Gasteiger partial charge in [0.15, 0.2) is 17.4 Å². The van der Waals surface area contributed by atoms with E-state index in [0.29, 0.717) is 12.1 Å². The molecule has 0 bridgehead atoms. The predicted molar refractivity (Wildman–Crippen MR) is 52.9 cm³/mol. The molecule has 4 heteroatoms.